The molecule has 0 unspecified atom stereocenters. The molecule has 1 aromatic carbocycles. The molecule has 1 aromatic heterocycles. The molecule has 10 nitrogen and oxygen atoms in total. The van der Waals surface area contributed by atoms with Crippen LogP contribution in [-0.2, 0) is 25.6 Å². The average molecular weight is 499 g/mol. The van der Waals surface area contributed by atoms with E-state index in [0.29, 0.717) is 5.02 Å². The van der Waals surface area contributed by atoms with Crippen molar-refractivity contribution in [2.24, 2.45) is 5.92 Å². The van der Waals surface area contributed by atoms with E-state index in [0.717, 1.165) is 9.80 Å². The summed E-state index contributed by atoms with van der Waals surface area (Å²) in [6.45, 7) is 3.47. The number of nitrogens with zero attached hydrogens (tertiary/aromatic N) is 2. The quantitative estimate of drug-likeness (QED) is 0.353. The monoisotopic (exact) mass is 498 g/mol. The lowest BCUT2D eigenvalue weighted by atomic mass is 10.2. The van der Waals surface area contributed by atoms with Crippen LogP contribution in [0.15, 0.2) is 38.8 Å². The molecule has 0 saturated carbocycles. The standard InChI is InChI=1S/C21H27ClN4O6S/c1-13(2)10-26-19(23)18(20(29)24-21(26)30)25(8-9-31-3)16(27)11-32-17(28)12-33-15-6-4-14(22)5-7-15/h4-7,13H,8-12,23H2,1-3H3,(H,24,29,30). The molecule has 0 fully saturated rings. The molecule has 12 heteroatoms. The van der Waals surface area contributed by atoms with Crippen LogP contribution in [0.1, 0.15) is 13.8 Å². The lowest BCUT2D eigenvalue weighted by Crippen LogP contribution is -2.44. The van der Waals surface area contributed by atoms with Gasteiger partial charge in [0.15, 0.2) is 12.3 Å². The van der Waals surface area contributed by atoms with E-state index < -0.39 is 29.7 Å². The van der Waals surface area contributed by atoms with E-state index >= 15 is 0 Å². The molecule has 180 valence electrons. The van der Waals surface area contributed by atoms with Crippen molar-refractivity contribution < 1.29 is 19.1 Å². The van der Waals surface area contributed by atoms with Crippen LogP contribution in [0.25, 0.3) is 0 Å². The number of nitrogens with two attached hydrogens (primary N) is 1. The number of aromatic nitrogens is 2. The third-order valence-corrected chi connectivity index (χ3v) is 5.62. The van der Waals surface area contributed by atoms with Gasteiger partial charge in [-0.05, 0) is 30.2 Å². The third kappa shape index (κ3) is 7.65. The van der Waals surface area contributed by atoms with E-state index in [9.17, 15) is 19.2 Å². The molecule has 0 atom stereocenters. The van der Waals surface area contributed by atoms with E-state index in [1.54, 1.807) is 24.3 Å². The number of anilines is 2. The summed E-state index contributed by atoms with van der Waals surface area (Å²) < 4.78 is 11.3. The van der Waals surface area contributed by atoms with Crippen molar-refractivity contribution in [3.8, 4) is 0 Å². The fourth-order valence-corrected chi connectivity index (χ4v) is 3.69. The van der Waals surface area contributed by atoms with Gasteiger partial charge in [0, 0.05) is 30.1 Å². The molecule has 0 saturated heterocycles. The normalized spacial score (nSPS) is 10.9. The summed E-state index contributed by atoms with van der Waals surface area (Å²) in [5.74, 6) is -1.39. The molecule has 2 aromatic rings. The number of hydrogen-bond acceptors (Lipinski definition) is 8. The molecule has 0 aliphatic rings. The summed E-state index contributed by atoms with van der Waals surface area (Å²) in [6.07, 6.45) is 0. The highest BCUT2D eigenvalue weighted by atomic mass is 35.5. The Morgan fingerprint density at radius 2 is 1.91 bits per heavy atom. The summed E-state index contributed by atoms with van der Waals surface area (Å²) in [5.41, 5.74) is 4.44. The number of amides is 1. The largest absolute Gasteiger partial charge is 0.455 e. The first kappa shape index (κ1) is 26.5. The van der Waals surface area contributed by atoms with Gasteiger partial charge in [-0.2, -0.15) is 0 Å². The highest BCUT2D eigenvalue weighted by Crippen LogP contribution is 2.21. The summed E-state index contributed by atoms with van der Waals surface area (Å²) in [7, 11) is 1.43. The van der Waals surface area contributed by atoms with Crippen molar-refractivity contribution in [3.05, 3.63) is 50.1 Å². The number of benzene rings is 1. The fourth-order valence-electron chi connectivity index (χ4n) is 2.86. The van der Waals surface area contributed by atoms with Gasteiger partial charge in [0.1, 0.15) is 5.82 Å². The number of aromatic amines is 1. The number of thioether (sulfide) groups is 1. The molecule has 1 amide bonds. The molecule has 0 radical (unpaired) electrons. The van der Waals surface area contributed by atoms with E-state index in [-0.39, 0.29) is 42.9 Å². The van der Waals surface area contributed by atoms with E-state index in [2.05, 4.69) is 4.98 Å². The summed E-state index contributed by atoms with van der Waals surface area (Å²) in [4.78, 5) is 53.8. The van der Waals surface area contributed by atoms with Gasteiger partial charge < -0.3 is 15.2 Å². The van der Waals surface area contributed by atoms with Gasteiger partial charge in [0.2, 0.25) is 0 Å². The summed E-state index contributed by atoms with van der Waals surface area (Å²) >= 11 is 7.07. The smallest absolute Gasteiger partial charge is 0.330 e. The second-order valence-electron chi connectivity index (χ2n) is 7.44. The van der Waals surface area contributed by atoms with Crippen LogP contribution in [0.4, 0.5) is 11.5 Å². The number of hydrogen-bond donors (Lipinski definition) is 2. The molecular weight excluding hydrogens is 472 g/mol. The topological polar surface area (TPSA) is 137 Å². The molecule has 0 aliphatic heterocycles. The van der Waals surface area contributed by atoms with Crippen LogP contribution in [0.2, 0.25) is 5.02 Å². The van der Waals surface area contributed by atoms with Crippen LogP contribution in [-0.4, -0.2) is 54.0 Å². The number of halogens is 1. The molecule has 33 heavy (non-hydrogen) atoms. The second-order valence-corrected chi connectivity index (χ2v) is 8.92. The number of esters is 1. The Balaban J connectivity index is 2.15. The summed E-state index contributed by atoms with van der Waals surface area (Å²) in [5, 5.41) is 0.581. The average Bonchev–Trinajstić information content (AvgIpc) is 2.76. The summed E-state index contributed by atoms with van der Waals surface area (Å²) in [6, 6.07) is 6.93. The van der Waals surface area contributed by atoms with Crippen molar-refractivity contribution >= 4 is 46.7 Å². The number of nitrogen functional groups attached to an aromatic ring is 1. The highest BCUT2D eigenvalue weighted by molar-refractivity contribution is 8.00. The lowest BCUT2D eigenvalue weighted by Gasteiger charge is -2.24. The molecule has 0 bridgehead atoms. The van der Waals surface area contributed by atoms with Gasteiger partial charge >= 0.3 is 11.7 Å². The van der Waals surface area contributed by atoms with Gasteiger partial charge in [-0.1, -0.05) is 25.4 Å². The minimum absolute atomic E-state index is 0.0189. The predicted molar refractivity (Wildman–Crippen MR) is 128 cm³/mol. The Labute approximate surface area is 200 Å². The lowest BCUT2D eigenvalue weighted by molar-refractivity contribution is -0.145. The minimum Gasteiger partial charge on any atom is -0.455 e. The Bertz CT molecular complexity index is 1080. The number of carbonyl (C=O) groups is 2. The van der Waals surface area contributed by atoms with Gasteiger partial charge in [0.05, 0.1) is 12.4 Å². The predicted octanol–water partition coefficient (Wildman–Crippen LogP) is 1.74. The fraction of sp³-hybridized carbons (Fsp3) is 0.429. The Morgan fingerprint density at radius 3 is 2.52 bits per heavy atom. The molecule has 2 rings (SSSR count). The Hall–Kier alpha value is -2.76. The van der Waals surface area contributed by atoms with Crippen LogP contribution in [0, 0.1) is 5.92 Å². The molecule has 0 aliphatic carbocycles. The first-order valence-electron chi connectivity index (χ1n) is 10.1. The second kappa shape index (κ2) is 12.5. The van der Waals surface area contributed by atoms with Crippen LogP contribution in [0.3, 0.4) is 0 Å². The van der Waals surface area contributed by atoms with Crippen LogP contribution in [0.5, 0.6) is 0 Å². The zero-order valence-electron chi connectivity index (χ0n) is 18.6. The Morgan fingerprint density at radius 1 is 1.24 bits per heavy atom. The van der Waals surface area contributed by atoms with Gasteiger partial charge in [-0.15, -0.1) is 11.8 Å². The van der Waals surface area contributed by atoms with Crippen molar-refractivity contribution in [3.63, 3.8) is 0 Å². The number of nitrogens with one attached hydrogen (secondary N) is 1. The number of methoxy groups -OCH3 is 1. The number of ether oxygens (including phenoxy) is 2. The van der Waals surface area contributed by atoms with Gasteiger partial charge in [-0.25, -0.2) is 4.79 Å². The van der Waals surface area contributed by atoms with E-state index in [1.807, 2.05) is 13.8 Å². The number of carbonyl (C=O) groups excluding carboxylic acids is 2. The third-order valence-electron chi connectivity index (χ3n) is 4.38. The number of H-pyrrole nitrogens is 1. The van der Waals surface area contributed by atoms with Crippen molar-refractivity contribution in [2.45, 2.75) is 25.3 Å². The first-order valence-corrected chi connectivity index (χ1v) is 11.5. The zero-order valence-corrected chi connectivity index (χ0v) is 20.2. The van der Waals surface area contributed by atoms with Crippen molar-refractivity contribution in [2.75, 3.05) is 43.3 Å². The maximum atomic E-state index is 12.9. The molecular formula is C21H27ClN4O6S. The van der Waals surface area contributed by atoms with Crippen LogP contribution >= 0.6 is 23.4 Å². The molecule has 0 spiro atoms. The maximum absolute atomic E-state index is 12.9. The van der Waals surface area contributed by atoms with Crippen molar-refractivity contribution in [1.29, 1.82) is 0 Å². The molecule has 1 heterocycles. The van der Waals surface area contributed by atoms with E-state index in [1.165, 1.54) is 23.4 Å². The van der Waals surface area contributed by atoms with E-state index in [4.69, 9.17) is 26.8 Å². The molecule has 3 N–H and O–H groups in total. The first-order chi connectivity index (χ1) is 15.6. The SMILES string of the molecule is COCCN(C(=O)COC(=O)CSc1ccc(Cl)cc1)c1c(N)n(CC(C)C)c(=O)[nH]c1=O. The van der Waals surface area contributed by atoms with Gasteiger partial charge in [0.25, 0.3) is 11.5 Å². The minimum atomic E-state index is -0.813. The van der Waals surface area contributed by atoms with Crippen molar-refractivity contribution in [1.82, 2.24) is 9.55 Å². The van der Waals surface area contributed by atoms with Gasteiger partial charge in [-0.3, -0.25) is 28.8 Å². The highest BCUT2D eigenvalue weighted by Gasteiger charge is 2.25. The van der Waals surface area contributed by atoms with Crippen LogP contribution < -0.4 is 21.9 Å². The Kier molecular flexibility index (Phi) is 10.0. The number of rotatable bonds is 11. The maximum Gasteiger partial charge on any atom is 0.330 e. The zero-order chi connectivity index (χ0) is 24.5.